The van der Waals surface area contributed by atoms with Gasteiger partial charge >= 0.3 is 7.12 Å². The highest BCUT2D eigenvalue weighted by Crippen LogP contribution is 2.36. The molecule has 0 bridgehead atoms. The van der Waals surface area contributed by atoms with Crippen LogP contribution in [0.1, 0.15) is 39.2 Å². The van der Waals surface area contributed by atoms with Crippen LogP contribution in [0.4, 0.5) is 0 Å². The first-order chi connectivity index (χ1) is 8.89. The lowest BCUT2D eigenvalue weighted by molar-refractivity contribution is 0.00578. The molecule has 102 valence electrons. The van der Waals surface area contributed by atoms with Gasteiger partial charge in [0.1, 0.15) is 0 Å². The van der Waals surface area contributed by atoms with Crippen LogP contribution < -0.4 is 10.9 Å². The minimum Gasteiger partial charge on any atom is -0.398 e. The van der Waals surface area contributed by atoms with Gasteiger partial charge in [-0.3, -0.25) is 4.98 Å². The van der Waals surface area contributed by atoms with Gasteiger partial charge in [0.15, 0.2) is 0 Å². The summed E-state index contributed by atoms with van der Waals surface area (Å²) in [6.07, 6.45) is 1.86. The predicted molar refractivity (Wildman–Crippen MR) is 75.6 cm³/mol. The largest absolute Gasteiger partial charge is 0.514 e. The number of nitrogens with zero attached hydrogens (tertiary/aromatic N) is 1. The first-order valence-electron chi connectivity index (χ1n) is 6.91. The fourth-order valence-corrected chi connectivity index (χ4v) is 2.34. The van der Waals surface area contributed by atoms with Crippen molar-refractivity contribution in [3.8, 4) is 0 Å². The zero-order valence-electron chi connectivity index (χ0n) is 12.1. The first-order valence-corrected chi connectivity index (χ1v) is 6.91. The van der Waals surface area contributed by atoms with E-state index in [-0.39, 0.29) is 18.3 Å². The van der Waals surface area contributed by atoms with Crippen molar-refractivity contribution >= 4 is 12.7 Å². The molecule has 0 unspecified atom stereocenters. The second-order valence-electron chi connectivity index (χ2n) is 6.46. The number of hydrogen-bond acceptors (Lipinski definition) is 4. The van der Waals surface area contributed by atoms with Crippen LogP contribution in [0, 0.1) is 0 Å². The van der Waals surface area contributed by atoms with Gasteiger partial charge in [0.05, 0.1) is 16.8 Å². The molecule has 0 amide bonds. The molecule has 4 nitrogen and oxygen atoms in total. The molecule has 5 heteroatoms. The van der Waals surface area contributed by atoms with E-state index in [0.717, 1.165) is 18.7 Å². The molecule has 3 heterocycles. The summed E-state index contributed by atoms with van der Waals surface area (Å²) in [5.41, 5.74) is 1.57. The van der Waals surface area contributed by atoms with Crippen molar-refractivity contribution in [3.63, 3.8) is 0 Å². The van der Waals surface area contributed by atoms with E-state index in [1.807, 2.05) is 6.20 Å². The summed E-state index contributed by atoms with van der Waals surface area (Å²) >= 11 is 0. The van der Waals surface area contributed by atoms with E-state index >= 15 is 0 Å². The highest BCUT2D eigenvalue weighted by Gasteiger charge is 2.52. The summed E-state index contributed by atoms with van der Waals surface area (Å²) in [4.78, 5) is 4.42. The molecule has 1 aromatic heterocycles. The van der Waals surface area contributed by atoms with Gasteiger partial charge in [0, 0.05) is 25.2 Å². The Kier molecular flexibility index (Phi) is 2.96. The van der Waals surface area contributed by atoms with E-state index < -0.39 is 0 Å². The van der Waals surface area contributed by atoms with Crippen molar-refractivity contribution in [1.29, 1.82) is 0 Å². The lowest BCUT2D eigenvalue weighted by atomic mass is 9.81. The second kappa shape index (κ2) is 4.30. The first kappa shape index (κ1) is 13.1. The molecular weight excluding hydrogens is 239 g/mol. The molecular formula is C14H21BN2O2. The minimum atomic E-state index is -0.363. The average Bonchev–Trinajstić information content (AvgIpc) is 2.46. The van der Waals surface area contributed by atoms with Crippen LogP contribution in [-0.4, -0.2) is 36.4 Å². The van der Waals surface area contributed by atoms with Crippen molar-refractivity contribution < 1.29 is 9.31 Å². The standard InChI is InChI=1S/C14H21BN2O2/c1-13(2)14(3,4)19-15(18-13)12-7-10(5-6-17-12)11-8-16-9-11/h5-7,11,16H,8-9H2,1-4H3. The Morgan fingerprint density at radius 1 is 1.21 bits per heavy atom. The number of aromatic nitrogens is 1. The van der Waals surface area contributed by atoms with E-state index in [4.69, 9.17) is 9.31 Å². The maximum atomic E-state index is 6.04. The van der Waals surface area contributed by atoms with Crippen LogP contribution in [0.3, 0.4) is 0 Å². The van der Waals surface area contributed by atoms with E-state index in [2.05, 4.69) is 50.1 Å². The zero-order valence-corrected chi connectivity index (χ0v) is 12.1. The highest BCUT2D eigenvalue weighted by atomic mass is 16.7. The van der Waals surface area contributed by atoms with E-state index in [1.54, 1.807) is 0 Å². The SMILES string of the molecule is CC1(C)OB(c2cc(C3CNC3)ccn2)OC1(C)C. The molecule has 3 rings (SSSR count). The normalized spacial score (nSPS) is 25.4. The molecule has 0 aromatic carbocycles. The summed E-state index contributed by atoms with van der Waals surface area (Å²) in [6.45, 7) is 10.3. The quantitative estimate of drug-likeness (QED) is 0.808. The fraction of sp³-hybridized carbons (Fsp3) is 0.643. The molecule has 2 saturated heterocycles. The van der Waals surface area contributed by atoms with Gasteiger partial charge in [-0.25, -0.2) is 0 Å². The Morgan fingerprint density at radius 3 is 2.37 bits per heavy atom. The lowest BCUT2D eigenvalue weighted by Crippen LogP contribution is -2.41. The van der Waals surface area contributed by atoms with Crippen molar-refractivity contribution in [2.24, 2.45) is 0 Å². The Bertz CT molecular complexity index is 470. The molecule has 0 spiro atoms. The molecule has 0 aliphatic carbocycles. The van der Waals surface area contributed by atoms with Gasteiger partial charge in [0.2, 0.25) is 0 Å². The number of nitrogens with one attached hydrogen (secondary N) is 1. The van der Waals surface area contributed by atoms with Crippen LogP contribution >= 0.6 is 0 Å². The Balaban J connectivity index is 1.83. The molecule has 0 radical (unpaired) electrons. The van der Waals surface area contributed by atoms with Crippen molar-refractivity contribution in [1.82, 2.24) is 10.3 Å². The molecule has 19 heavy (non-hydrogen) atoms. The van der Waals surface area contributed by atoms with Crippen molar-refractivity contribution in [2.45, 2.75) is 44.8 Å². The fourth-order valence-electron chi connectivity index (χ4n) is 2.34. The molecule has 1 aromatic rings. The zero-order chi connectivity index (χ0) is 13.7. The topological polar surface area (TPSA) is 43.4 Å². The van der Waals surface area contributed by atoms with Crippen LogP contribution in [0.5, 0.6) is 0 Å². The van der Waals surface area contributed by atoms with Gasteiger partial charge in [0.25, 0.3) is 0 Å². The van der Waals surface area contributed by atoms with Crippen LogP contribution in [0.25, 0.3) is 0 Å². The maximum absolute atomic E-state index is 6.04. The Hall–Kier alpha value is -0.905. The number of hydrogen-bond donors (Lipinski definition) is 1. The monoisotopic (exact) mass is 260 g/mol. The summed E-state index contributed by atoms with van der Waals surface area (Å²) in [7, 11) is -0.363. The number of pyridine rings is 1. The minimum absolute atomic E-state index is 0.312. The highest BCUT2D eigenvalue weighted by molar-refractivity contribution is 6.61. The molecule has 2 aliphatic heterocycles. The van der Waals surface area contributed by atoms with Crippen LogP contribution in [0.2, 0.25) is 0 Å². The lowest BCUT2D eigenvalue weighted by Gasteiger charge is -2.32. The van der Waals surface area contributed by atoms with Gasteiger partial charge < -0.3 is 14.6 Å². The third-order valence-corrected chi connectivity index (χ3v) is 4.55. The molecule has 2 aliphatic rings. The predicted octanol–water partition coefficient (Wildman–Crippen LogP) is 1.07. The van der Waals surface area contributed by atoms with Crippen LogP contribution in [0.15, 0.2) is 18.3 Å². The summed E-state index contributed by atoms with van der Waals surface area (Å²) in [5, 5.41) is 3.29. The van der Waals surface area contributed by atoms with Crippen LogP contribution in [-0.2, 0) is 9.31 Å². The Morgan fingerprint density at radius 2 is 1.84 bits per heavy atom. The summed E-state index contributed by atoms with van der Waals surface area (Å²) < 4.78 is 12.1. The maximum Gasteiger partial charge on any atom is 0.514 e. The van der Waals surface area contributed by atoms with Crippen molar-refractivity contribution in [3.05, 3.63) is 23.9 Å². The number of rotatable bonds is 2. The van der Waals surface area contributed by atoms with E-state index in [9.17, 15) is 0 Å². The molecule has 0 saturated carbocycles. The molecule has 1 N–H and O–H groups in total. The summed E-state index contributed by atoms with van der Waals surface area (Å²) in [6, 6.07) is 4.20. The third-order valence-electron chi connectivity index (χ3n) is 4.55. The van der Waals surface area contributed by atoms with Gasteiger partial charge in [-0.1, -0.05) is 0 Å². The second-order valence-corrected chi connectivity index (χ2v) is 6.46. The smallest absolute Gasteiger partial charge is 0.398 e. The Labute approximate surface area is 115 Å². The summed E-state index contributed by atoms with van der Waals surface area (Å²) in [5.74, 6) is 0.601. The third kappa shape index (κ3) is 2.20. The van der Waals surface area contributed by atoms with E-state index in [0.29, 0.717) is 5.92 Å². The average molecular weight is 260 g/mol. The van der Waals surface area contributed by atoms with Gasteiger partial charge in [-0.05, 0) is 45.4 Å². The van der Waals surface area contributed by atoms with E-state index in [1.165, 1.54) is 5.56 Å². The molecule has 0 atom stereocenters. The molecule has 2 fully saturated rings. The van der Waals surface area contributed by atoms with Gasteiger partial charge in [-0.15, -0.1) is 0 Å². The van der Waals surface area contributed by atoms with Gasteiger partial charge in [-0.2, -0.15) is 0 Å². The van der Waals surface area contributed by atoms with Crippen molar-refractivity contribution in [2.75, 3.05) is 13.1 Å².